The van der Waals surface area contributed by atoms with E-state index in [9.17, 15) is 4.79 Å². The molecule has 1 amide bonds. The predicted molar refractivity (Wildman–Crippen MR) is 132 cm³/mol. The van der Waals surface area contributed by atoms with Gasteiger partial charge < -0.3 is 10.2 Å². The average Bonchev–Trinajstić information content (AvgIpc) is 2.89. The summed E-state index contributed by atoms with van der Waals surface area (Å²) in [5.74, 6) is -0.117. The maximum Gasteiger partial charge on any atom is 0.253 e. The first-order valence-electron chi connectivity index (χ1n) is 11.5. The second kappa shape index (κ2) is 9.70. The maximum absolute atomic E-state index is 13.4. The van der Waals surface area contributed by atoms with Gasteiger partial charge in [-0.15, -0.1) is 0 Å². The number of carbonyl (C=O) groups is 1. The van der Waals surface area contributed by atoms with Crippen molar-refractivity contribution in [1.82, 2.24) is 10.3 Å². The summed E-state index contributed by atoms with van der Waals surface area (Å²) in [6.07, 6.45) is 3.73. The number of nitrogens with zero attached hydrogens (tertiary/aromatic N) is 2. The van der Waals surface area contributed by atoms with Gasteiger partial charge in [-0.3, -0.25) is 9.78 Å². The fraction of sp³-hybridized carbons (Fsp3) is 0.172. The lowest BCUT2D eigenvalue weighted by molar-refractivity contribution is 0.0942. The molecule has 3 aromatic carbocycles. The minimum Gasteiger partial charge on any atom is -0.366 e. The zero-order valence-corrected chi connectivity index (χ0v) is 18.5. The molecule has 1 N–H and O–H groups in total. The molecule has 4 nitrogen and oxygen atoms in total. The minimum atomic E-state index is -0.226. The van der Waals surface area contributed by atoms with Crippen LogP contribution >= 0.6 is 0 Å². The number of amides is 1. The number of nitrogens with one attached hydrogen (secondary N) is 1. The molecule has 5 rings (SSSR count). The Morgan fingerprint density at radius 3 is 2.12 bits per heavy atom. The first-order valence-corrected chi connectivity index (χ1v) is 11.5. The second-order valence-electron chi connectivity index (χ2n) is 8.43. The number of aromatic nitrogens is 1. The molecule has 1 aliphatic rings. The second-order valence-corrected chi connectivity index (χ2v) is 8.43. The molecule has 0 radical (unpaired) electrons. The van der Waals surface area contributed by atoms with E-state index in [-0.39, 0.29) is 11.9 Å². The van der Waals surface area contributed by atoms with E-state index in [1.807, 2.05) is 72.8 Å². The van der Waals surface area contributed by atoms with E-state index in [1.165, 1.54) is 5.56 Å². The summed E-state index contributed by atoms with van der Waals surface area (Å²) < 4.78 is 0. The summed E-state index contributed by atoms with van der Waals surface area (Å²) in [6, 6.07) is 32.4. The summed E-state index contributed by atoms with van der Waals surface area (Å²) >= 11 is 0. The predicted octanol–water partition coefficient (Wildman–Crippen LogP) is 5.55. The lowest BCUT2D eigenvalue weighted by Gasteiger charge is -2.31. The number of rotatable bonds is 6. The van der Waals surface area contributed by atoms with Gasteiger partial charge in [-0.2, -0.15) is 0 Å². The molecule has 164 valence electrons. The van der Waals surface area contributed by atoms with Gasteiger partial charge in [0, 0.05) is 19.3 Å². The van der Waals surface area contributed by atoms with Gasteiger partial charge in [0.1, 0.15) is 0 Å². The minimum absolute atomic E-state index is 0.117. The number of aryl methyl sites for hydroxylation is 1. The Labute approximate surface area is 194 Å². The Balaban J connectivity index is 1.42. The Kier molecular flexibility index (Phi) is 6.16. The quantitative estimate of drug-likeness (QED) is 0.433. The Morgan fingerprint density at radius 1 is 0.879 bits per heavy atom. The van der Waals surface area contributed by atoms with Gasteiger partial charge in [0.15, 0.2) is 0 Å². The van der Waals surface area contributed by atoms with Crippen molar-refractivity contribution in [3.8, 4) is 0 Å². The van der Waals surface area contributed by atoms with Crippen molar-refractivity contribution >= 4 is 11.6 Å². The number of carbonyl (C=O) groups excluding carboxylic acids is 1. The number of hydrogen-bond donors (Lipinski definition) is 1. The van der Waals surface area contributed by atoms with E-state index < -0.39 is 0 Å². The zero-order chi connectivity index (χ0) is 22.5. The fourth-order valence-corrected chi connectivity index (χ4v) is 4.46. The molecule has 0 bridgehead atoms. The Hall–Kier alpha value is -3.92. The van der Waals surface area contributed by atoms with E-state index >= 15 is 0 Å². The van der Waals surface area contributed by atoms with Crippen molar-refractivity contribution in [3.05, 3.63) is 131 Å². The highest BCUT2D eigenvalue weighted by molar-refractivity contribution is 5.95. The molecule has 1 aromatic heterocycles. The van der Waals surface area contributed by atoms with E-state index in [0.717, 1.165) is 48.4 Å². The largest absolute Gasteiger partial charge is 0.366 e. The van der Waals surface area contributed by atoms with Crippen LogP contribution in [0, 0.1) is 0 Å². The third kappa shape index (κ3) is 4.80. The van der Waals surface area contributed by atoms with Gasteiger partial charge in [-0.25, -0.2) is 0 Å². The van der Waals surface area contributed by atoms with Crippen LogP contribution in [0.2, 0.25) is 0 Å². The van der Waals surface area contributed by atoms with Crippen LogP contribution in [0.5, 0.6) is 0 Å². The molecule has 0 saturated carbocycles. The van der Waals surface area contributed by atoms with Crippen LogP contribution in [0.3, 0.4) is 0 Å². The third-order valence-electron chi connectivity index (χ3n) is 6.15. The summed E-state index contributed by atoms with van der Waals surface area (Å²) in [5.41, 5.74) is 6.08. The van der Waals surface area contributed by atoms with Gasteiger partial charge in [0.05, 0.1) is 23.0 Å². The monoisotopic (exact) mass is 433 g/mol. The van der Waals surface area contributed by atoms with Crippen molar-refractivity contribution in [2.75, 3.05) is 11.4 Å². The molecule has 0 unspecified atom stereocenters. The topological polar surface area (TPSA) is 45.2 Å². The van der Waals surface area contributed by atoms with Gasteiger partial charge in [-0.1, -0.05) is 91.0 Å². The molecular formula is C29H27N3O. The molecule has 4 aromatic rings. The molecule has 0 atom stereocenters. The highest BCUT2D eigenvalue weighted by Gasteiger charge is 2.22. The Bertz CT molecular complexity index is 1170. The summed E-state index contributed by atoms with van der Waals surface area (Å²) in [7, 11) is 0. The summed E-state index contributed by atoms with van der Waals surface area (Å²) in [4.78, 5) is 20.4. The van der Waals surface area contributed by atoms with E-state index in [2.05, 4.69) is 39.5 Å². The van der Waals surface area contributed by atoms with Crippen LogP contribution in [0.4, 0.5) is 5.69 Å². The van der Waals surface area contributed by atoms with E-state index in [1.54, 1.807) is 6.20 Å². The number of anilines is 1. The number of hydrogen-bond acceptors (Lipinski definition) is 3. The SMILES string of the molecule is O=C(NC(c1ccccc1)c1ccccc1)c1cnc2c(c1)N(Cc1ccccc1)CCC2. The van der Waals surface area contributed by atoms with Crippen LogP contribution in [0.25, 0.3) is 0 Å². The van der Waals surface area contributed by atoms with E-state index in [4.69, 9.17) is 0 Å². The molecule has 2 heterocycles. The van der Waals surface area contributed by atoms with Gasteiger partial charge in [0.25, 0.3) is 5.91 Å². The summed E-state index contributed by atoms with van der Waals surface area (Å²) in [5, 5.41) is 3.24. The smallest absolute Gasteiger partial charge is 0.253 e. The van der Waals surface area contributed by atoms with Crippen LogP contribution < -0.4 is 10.2 Å². The van der Waals surface area contributed by atoms with Crippen molar-refractivity contribution in [2.45, 2.75) is 25.4 Å². The Morgan fingerprint density at radius 2 is 1.48 bits per heavy atom. The molecule has 1 aliphatic heterocycles. The molecule has 4 heteroatoms. The lowest BCUT2D eigenvalue weighted by atomic mass is 9.98. The first-order chi connectivity index (χ1) is 16.3. The van der Waals surface area contributed by atoms with Crippen LogP contribution in [0.15, 0.2) is 103 Å². The molecule has 0 spiro atoms. The highest BCUT2D eigenvalue weighted by Crippen LogP contribution is 2.29. The van der Waals surface area contributed by atoms with Gasteiger partial charge in [0.2, 0.25) is 0 Å². The zero-order valence-electron chi connectivity index (χ0n) is 18.5. The third-order valence-corrected chi connectivity index (χ3v) is 6.15. The van der Waals surface area contributed by atoms with Crippen molar-refractivity contribution in [1.29, 1.82) is 0 Å². The highest BCUT2D eigenvalue weighted by atomic mass is 16.1. The van der Waals surface area contributed by atoms with Crippen molar-refractivity contribution in [3.63, 3.8) is 0 Å². The molecule has 33 heavy (non-hydrogen) atoms. The summed E-state index contributed by atoms with van der Waals surface area (Å²) in [6.45, 7) is 1.78. The molecule has 0 saturated heterocycles. The van der Waals surface area contributed by atoms with Crippen LogP contribution in [-0.2, 0) is 13.0 Å². The normalized spacial score (nSPS) is 12.9. The first kappa shape index (κ1) is 21.0. The van der Waals surface area contributed by atoms with Crippen molar-refractivity contribution < 1.29 is 4.79 Å². The fourth-order valence-electron chi connectivity index (χ4n) is 4.46. The number of pyridine rings is 1. The molecular weight excluding hydrogens is 406 g/mol. The molecule has 0 aliphatic carbocycles. The van der Waals surface area contributed by atoms with Crippen molar-refractivity contribution in [2.24, 2.45) is 0 Å². The van der Waals surface area contributed by atoms with Crippen LogP contribution in [-0.4, -0.2) is 17.4 Å². The van der Waals surface area contributed by atoms with Gasteiger partial charge >= 0.3 is 0 Å². The van der Waals surface area contributed by atoms with Crippen LogP contribution in [0.1, 0.15) is 45.2 Å². The standard InChI is InChI=1S/C29H27N3O/c33-29(31-28(23-13-6-2-7-14-23)24-15-8-3-9-16-24)25-19-27-26(30-20-25)17-10-18-32(27)21-22-11-4-1-5-12-22/h1-9,11-16,19-20,28H,10,17-18,21H2,(H,31,33). The van der Waals surface area contributed by atoms with Gasteiger partial charge in [-0.05, 0) is 35.6 Å². The molecule has 0 fully saturated rings. The van der Waals surface area contributed by atoms with E-state index in [0.29, 0.717) is 5.56 Å². The lowest BCUT2D eigenvalue weighted by Crippen LogP contribution is -2.32. The maximum atomic E-state index is 13.4. The number of fused-ring (bicyclic) bond motifs is 1. The number of benzene rings is 3. The average molecular weight is 434 g/mol.